The van der Waals surface area contributed by atoms with Crippen molar-refractivity contribution in [2.24, 2.45) is 0 Å². The molecule has 22 heavy (non-hydrogen) atoms. The Morgan fingerprint density at radius 2 is 1.91 bits per heavy atom. The third-order valence-electron chi connectivity index (χ3n) is 3.12. The van der Waals surface area contributed by atoms with Crippen LogP contribution in [0.5, 0.6) is 0 Å². The van der Waals surface area contributed by atoms with E-state index in [9.17, 15) is 4.79 Å². The van der Waals surface area contributed by atoms with Crippen LogP contribution in [0.4, 0.5) is 0 Å². The Morgan fingerprint density at radius 3 is 2.45 bits per heavy atom. The van der Waals surface area contributed by atoms with E-state index in [2.05, 4.69) is 10.6 Å². The number of carbonyl (C=O) groups is 1. The molecular weight excluding hydrogens is 343 g/mol. The zero-order chi connectivity index (χ0) is 16.4. The number of ether oxygens (including phenoxy) is 1. The molecule has 2 N–H and O–H groups in total. The second kappa shape index (κ2) is 6.86. The molecule has 0 unspecified atom stereocenters. The van der Waals surface area contributed by atoms with Crippen molar-refractivity contribution in [2.45, 2.75) is 32.9 Å². The van der Waals surface area contributed by atoms with E-state index in [1.165, 1.54) is 0 Å². The molecule has 1 aliphatic rings. The van der Waals surface area contributed by atoms with Gasteiger partial charge in [-0.1, -0.05) is 29.3 Å². The molecular formula is C15H16Cl2N2O2S. The molecule has 0 aliphatic carbocycles. The highest BCUT2D eigenvalue weighted by Gasteiger charge is 2.33. The lowest BCUT2D eigenvalue weighted by molar-refractivity contribution is -0.143. The number of benzene rings is 1. The second-order valence-electron chi connectivity index (χ2n) is 5.16. The number of hydrogen-bond donors (Lipinski definition) is 2. The number of thiocarbonyl (C=S) groups is 1. The summed E-state index contributed by atoms with van der Waals surface area (Å²) in [4.78, 5) is 12.4. The summed E-state index contributed by atoms with van der Waals surface area (Å²) in [6, 6.07) is 4.63. The van der Waals surface area contributed by atoms with Crippen molar-refractivity contribution in [3.8, 4) is 0 Å². The van der Waals surface area contributed by atoms with Crippen LogP contribution in [0.15, 0.2) is 29.5 Å². The van der Waals surface area contributed by atoms with E-state index in [0.717, 1.165) is 0 Å². The first-order chi connectivity index (χ1) is 10.3. The SMILES string of the molecule is CC1=C(C(=O)OC(C)C)[C@@H](c2c(Cl)cccc2Cl)NC(=S)N1. The van der Waals surface area contributed by atoms with Crippen LogP contribution in [0, 0.1) is 0 Å². The molecule has 1 heterocycles. The van der Waals surface area contributed by atoms with E-state index in [1.54, 1.807) is 39.0 Å². The summed E-state index contributed by atoms with van der Waals surface area (Å²) >= 11 is 17.7. The van der Waals surface area contributed by atoms with Gasteiger partial charge in [0.25, 0.3) is 0 Å². The monoisotopic (exact) mass is 358 g/mol. The van der Waals surface area contributed by atoms with Gasteiger partial charge in [-0.2, -0.15) is 0 Å². The van der Waals surface area contributed by atoms with Crippen LogP contribution in [0.1, 0.15) is 32.4 Å². The predicted molar refractivity (Wildman–Crippen MR) is 92.0 cm³/mol. The van der Waals surface area contributed by atoms with Gasteiger partial charge in [-0.25, -0.2) is 4.79 Å². The van der Waals surface area contributed by atoms with Gasteiger partial charge in [-0.15, -0.1) is 0 Å². The summed E-state index contributed by atoms with van der Waals surface area (Å²) in [7, 11) is 0. The van der Waals surface area contributed by atoms with Crippen molar-refractivity contribution in [1.82, 2.24) is 10.6 Å². The smallest absolute Gasteiger partial charge is 0.338 e. The standard InChI is InChI=1S/C15H16Cl2N2O2S/c1-7(2)21-14(20)11-8(3)18-15(22)19-13(11)12-9(16)5-4-6-10(12)17/h4-7,13H,1-3H3,(H2,18,19,22)/t13-/m0/s1. The first-order valence-electron chi connectivity index (χ1n) is 6.74. The highest BCUT2D eigenvalue weighted by molar-refractivity contribution is 7.80. The minimum atomic E-state index is -0.554. The molecule has 1 aromatic carbocycles. The molecule has 1 aliphatic heterocycles. The maximum absolute atomic E-state index is 12.4. The minimum absolute atomic E-state index is 0.232. The van der Waals surface area contributed by atoms with Crippen LogP contribution >= 0.6 is 35.4 Å². The fourth-order valence-electron chi connectivity index (χ4n) is 2.24. The van der Waals surface area contributed by atoms with Gasteiger partial charge in [-0.05, 0) is 45.1 Å². The van der Waals surface area contributed by atoms with E-state index in [0.29, 0.717) is 32.0 Å². The van der Waals surface area contributed by atoms with Crippen LogP contribution in [0.3, 0.4) is 0 Å². The number of nitrogens with one attached hydrogen (secondary N) is 2. The van der Waals surface area contributed by atoms with E-state index >= 15 is 0 Å². The number of hydrogen-bond acceptors (Lipinski definition) is 3. The van der Waals surface area contributed by atoms with E-state index in [4.69, 9.17) is 40.2 Å². The molecule has 0 spiro atoms. The molecule has 2 rings (SSSR count). The molecule has 0 amide bonds. The minimum Gasteiger partial charge on any atom is -0.459 e. The number of halogens is 2. The third-order valence-corrected chi connectivity index (χ3v) is 4.00. The highest BCUT2D eigenvalue weighted by Crippen LogP contribution is 2.36. The quantitative estimate of drug-likeness (QED) is 0.636. The number of rotatable bonds is 3. The van der Waals surface area contributed by atoms with Gasteiger partial charge in [0.05, 0.1) is 17.7 Å². The Kier molecular flexibility index (Phi) is 5.32. The van der Waals surface area contributed by atoms with Crippen molar-refractivity contribution in [3.05, 3.63) is 45.1 Å². The average molecular weight is 359 g/mol. The Labute approximate surface area is 144 Å². The van der Waals surface area contributed by atoms with Gasteiger partial charge in [0.15, 0.2) is 5.11 Å². The maximum atomic E-state index is 12.4. The van der Waals surface area contributed by atoms with Gasteiger partial charge in [0.1, 0.15) is 0 Å². The normalized spacial score (nSPS) is 18.1. The van der Waals surface area contributed by atoms with Crippen LogP contribution in [0.2, 0.25) is 10.0 Å². The lowest BCUT2D eigenvalue weighted by Crippen LogP contribution is -2.45. The molecule has 0 saturated heterocycles. The number of esters is 1. The number of carbonyl (C=O) groups excluding carboxylic acids is 1. The first-order valence-corrected chi connectivity index (χ1v) is 7.90. The van der Waals surface area contributed by atoms with Gasteiger partial charge in [0.2, 0.25) is 0 Å². The summed E-state index contributed by atoms with van der Waals surface area (Å²) < 4.78 is 5.32. The molecule has 0 fully saturated rings. The molecule has 1 atom stereocenters. The van der Waals surface area contributed by atoms with Gasteiger partial charge < -0.3 is 15.4 Å². The summed E-state index contributed by atoms with van der Waals surface area (Å²) in [5.74, 6) is -0.434. The van der Waals surface area contributed by atoms with Crippen molar-refractivity contribution < 1.29 is 9.53 Å². The highest BCUT2D eigenvalue weighted by atomic mass is 35.5. The van der Waals surface area contributed by atoms with Crippen molar-refractivity contribution in [3.63, 3.8) is 0 Å². The molecule has 7 heteroatoms. The zero-order valence-corrected chi connectivity index (χ0v) is 14.7. The second-order valence-corrected chi connectivity index (χ2v) is 6.38. The predicted octanol–water partition coefficient (Wildman–Crippen LogP) is 3.74. The Morgan fingerprint density at radius 1 is 1.32 bits per heavy atom. The largest absolute Gasteiger partial charge is 0.459 e. The summed E-state index contributed by atoms with van der Waals surface area (Å²) in [6.07, 6.45) is -0.232. The van der Waals surface area contributed by atoms with Gasteiger partial charge >= 0.3 is 5.97 Å². The Hall–Kier alpha value is -1.30. The Bertz CT molecular complexity index is 639. The van der Waals surface area contributed by atoms with Crippen molar-refractivity contribution in [2.75, 3.05) is 0 Å². The lowest BCUT2D eigenvalue weighted by Gasteiger charge is -2.31. The summed E-state index contributed by atoms with van der Waals surface area (Å²) in [5, 5.41) is 7.29. The van der Waals surface area contributed by atoms with Crippen molar-refractivity contribution in [1.29, 1.82) is 0 Å². The van der Waals surface area contributed by atoms with Crippen LogP contribution in [0.25, 0.3) is 0 Å². The van der Waals surface area contributed by atoms with Crippen LogP contribution in [-0.2, 0) is 9.53 Å². The summed E-state index contributed by atoms with van der Waals surface area (Å²) in [5.41, 5.74) is 1.64. The molecule has 0 saturated carbocycles. The van der Waals surface area contributed by atoms with Gasteiger partial charge in [0, 0.05) is 21.3 Å². The molecule has 1 aromatic rings. The van der Waals surface area contributed by atoms with Gasteiger partial charge in [-0.3, -0.25) is 0 Å². The third kappa shape index (κ3) is 3.54. The fourth-order valence-corrected chi connectivity index (χ4v) is 3.13. The van der Waals surface area contributed by atoms with Crippen LogP contribution < -0.4 is 10.6 Å². The maximum Gasteiger partial charge on any atom is 0.338 e. The fraction of sp³-hybridized carbons (Fsp3) is 0.333. The molecule has 4 nitrogen and oxygen atoms in total. The number of allylic oxidation sites excluding steroid dienone is 1. The van der Waals surface area contributed by atoms with E-state index < -0.39 is 12.0 Å². The van der Waals surface area contributed by atoms with E-state index in [1.807, 2.05) is 0 Å². The molecule has 0 radical (unpaired) electrons. The first kappa shape index (κ1) is 17.1. The average Bonchev–Trinajstić information content (AvgIpc) is 2.36. The lowest BCUT2D eigenvalue weighted by atomic mass is 9.95. The van der Waals surface area contributed by atoms with Crippen molar-refractivity contribution >= 4 is 46.5 Å². The molecule has 0 aromatic heterocycles. The Balaban J connectivity index is 2.53. The zero-order valence-electron chi connectivity index (χ0n) is 12.4. The summed E-state index contributed by atoms with van der Waals surface area (Å²) in [6.45, 7) is 5.35. The molecule has 118 valence electrons. The molecule has 0 bridgehead atoms. The topological polar surface area (TPSA) is 50.4 Å². The van der Waals surface area contributed by atoms with Crippen LogP contribution in [-0.4, -0.2) is 17.2 Å². The van der Waals surface area contributed by atoms with E-state index in [-0.39, 0.29) is 6.10 Å².